The minimum atomic E-state index is -0.660. The summed E-state index contributed by atoms with van der Waals surface area (Å²) in [4.78, 5) is 11.7. The molecule has 0 saturated heterocycles. The van der Waals surface area contributed by atoms with Crippen molar-refractivity contribution in [1.82, 2.24) is 5.32 Å². The molecule has 0 heterocycles. The maximum absolute atomic E-state index is 13.2. The van der Waals surface area contributed by atoms with Gasteiger partial charge >= 0.3 is 6.09 Å². The van der Waals surface area contributed by atoms with Gasteiger partial charge in [-0.2, -0.15) is 0 Å². The maximum Gasteiger partial charge on any atom is 0.407 e. The molecular formula is C15H22F2NO3+. The van der Waals surface area contributed by atoms with Crippen molar-refractivity contribution < 1.29 is 23.4 Å². The van der Waals surface area contributed by atoms with Gasteiger partial charge in [-0.1, -0.05) is 0 Å². The highest BCUT2D eigenvalue weighted by Crippen LogP contribution is 2.12. The smallest absolute Gasteiger partial charge is 0.407 e. The predicted octanol–water partition coefficient (Wildman–Crippen LogP) is 2.52. The van der Waals surface area contributed by atoms with Crippen molar-refractivity contribution in [3.05, 3.63) is 35.4 Å². The molecule has 0 fully saturated rings. The number of alkyl carbamates (subject to hydrolysis) is 1. The number of ether oxygens (including phenoxy) is 1. The number of carbonyl (C=O) groups is 1. The molecular weight excluding hydrogens is 280 g/mol. The van der Waals surface area contributed by atoms with Crippen molar-refractivity contribution in [1.29, 1.82) is 0 Å². The summed E-state index contributed by atoms with van der Waals surface area (Å²) < 4.78 is 31.5. The summed E-state index contributed by atoms with van der Waals surface area (Å²) in [5.41, 5.74) is -0.192. The van der Waals surface area contributed by atoms with Crippen LogP contribution < -0.4 is 5.32 Å². The largest absolute Gasteiger partial charge is 0.445 e. The molecule has 1 aromatic carbocycles. The van der Waals surface area contributed by atoms with Crippen LogP contribution in [0.25, 0.3) is 0 Å². The van der Waals surface area contributed by atoms with Crippen molar-refractivity contribution in [2.75, 3.05) is 6.61 Å². The molecule has 21 heavy (non-hydrogen) atoms. The number of hydrogen-bond donors (Lipinski definition) is 1. The normalized spacial score (nSPS) is 12.9. The van der Waals surface area contributed by atoms with Crippen LogP contribution in [-0.2, 0) is 11.2 Å². The summed E-state index contributed by atoms with van der Waals surface area (Å²) in [5, 5.41) is 9.90. The van der Waals surface area contributed by atoms with Gasteiger partial charge in [-0.25, -0.2) is 13.6 Å². The zero-order valence-electron chi connectivity index (χ0n) is 12.5. The van der Waals surface area contributed by atoms with E-state index in [0.717, 1.165) is 6.07 Å². The van der Waals surface area contributed by atoms with Crippen LogP contribution in [0.3, 0.4) is 0 Å². The second kappa shape index (κ2) is 7.36. The van der Waals surface area contributed by atoms with Crippen LogP contribution in [0.15, 0.2) is 18.2 Å². The first-order chi connectivity index (χ1) is 9.69. The van der Waals surface area contributed by atoms with Gasteiger partial charge in [0.25, 0.3) is 0 Å². The van der Waals surface area contributed by atoms with Gasteiger partial charge in [-0.3, -0.25) is 0 Å². The van der Waals surface area contributed by atoms with Crippen LogP contribution >= 0.6 is 0 Å². The molecule has 0 bridgehead atoms. The van der Waals surface area contributed by atoms with Crippen LogP contribution in [0.2, 0.25) is 0 Å². The van der Waals surface area contributed by atoms with Gasteiger partial charge in [0, 0.05) is 18.5 Å². The van der Waals surface area contributed by atoms with Gasteiger partial charge in [0.05, 0.1) is 0 Å². The van der Waals surface area contributed by atoms with Gasteiger partial charge < -0.3 is 15.2 Å². The summed E-state index contributed by atoms with van der Waals surface area (Å²) in [5.74, 6) is -1.32. The quantitative estimate of drug-likeness (QED) is 0.850. The molecule has 0 radical (unpaired) electrons. The van der Waals surface area contributed by atoms with Crippen LogP contribution in [0.1, 0.15) is 32.8 Å². The summed E-state index contributed by atoms with van der Waals surface area (Å²) in [6.45, 7) is 5.33. The Morgan fingerprint density at radius 1 is 1.29 bits per heavy atom. The third-order valence-corrected chi connectivity index (χ3v) is 2.62. The Labute approximate surface area is 123 Å². The maximum atomic E-state index is 13.2. The molecule has 0 aliphatic heterocycles. The number of benzene rings is 1. The average Bonchev–Trinajstić information content (AvgIpc) is 2.24. The molecule has 4 nitrogen and oxygen atoms in total. The lowest BCUT2D eigenvalue weighted by atomic mass is 10.0. The Balaban J connectivity index is 2.71. The molecule has 1 rings (SSSR count). The second-order valence-corrected chi connectivity index (χ2v) is 5.86. The summed E-state index contributed by atoms with van der Waals surface area (Å²) in [6.07, 6.45) is 0.0160. The SMILES string of the molecule is CC(C)(C)OC(=O)NC(CC[OH2+])Cc1cc(F)cc(F)c1. The molecule has 6 heteroatoms. The van der Waals surface area contributed by atoms with E-state index >= 15 is 0 Å². The Morgan fingerprint density at radius 3 is 2.33 bits per heavy atom. The number of halogens is 2. The highest BCUT2D eigenvalue weighted by molar-refractivity contribution is 5.68. The van der Waals surface area contributed by atoms with E-state index < -0.39 is 29.4 Å². The number of nitrogens with one attached hydrogen (secondary N) is 1. The van der Waals surface area contributed by atoms with E-state index in [-0.39, 0.29) is 13.0 Å². The fourth-order valence-electron chi connectivity index (χ4n) is 1.89. The highest BCUT2D eigenvalue weighted by Gasteiger charge is 2.20. The van der Waals surface area contributed by atoms with Crippen molar-refractivity contribution in [3.63, 3.8) is 0 Å². The summed E-state index contributed by atoms with van der Waals surface area (Å²) in [6, 6.07) is 2.83. The molecule has 1 atom stereocenters. The Bertz CT molecular complexity index is 466. The molecule has 0 spiro atoms. The van der Waals surface area contributed by atoms with Crippen LogP contribution in [0.4, 0.5) is 13.6 Å². The monoisotopic (exact) mass is 302 g/mol. The lowest BCUT2D eigenvalue weighted by molar-refractivity contribution is 0.0497. The standard InChI is InChI=1S/C15H21F2NO3/c1-15(2,3)21-14(20)18-13(4-5-19)8-10-6-11(16)9-12(17)7-10/h6-7,9,13,19H,4-5,8H2,1-3H3,(H,18,20)/p+1. The molecule has 1 aromatic rings. The number of carbonyl (C=O) groups excluding carboxylic acids is 1. The fourth-order valence-corrected chi connectivity index (χ4v) is 1.89. The van der Waals surface area contributed by atoms with Crippen molar-refractivity contribution in [2.24, 2.45) is 0 Å². The van der Waals surface area contributed by atoms with E-state index in [4.69, 9.17) is 9.84 Å². The van der Waals surface area contributed by atoms with E-state index in [9.17, 15) is 13.6 Å². The topological polar surface area (TPSA) is 61.2 Å². The number of amides is 1. The molecule has 1 amide bonds. The van der Waals surface area contributed by atoms with Crippen LogP contribution in [0, 0.1) is 11.6 Å². The first-order valence-electron chi connectivity index (χ1n) is 6.78. The van der Waals surface area contributed by atoms with E-state index in [0.29, 0.717) is 12.0 Å². The van der Waals surface area contributed by atoms with E-state index in [1.165, 1.54) is 12.1 Å². The lowest BCUT2D eigenvalue weighted by Crippen LogP contribution is -2.40. The Morgan fingerprint density at radius 2 is 1.86 bits per heavy atom. The lowest BCUT2D eigenvalue weighted by Gasteiger charge is -2.23. The zero-order valence-corrected chi connectivity index (χ0v) is 12.5. The number of rotatable bonds is 5. The Kier molecular flexibility index (Phi) is 6.08. The van der Waals surface area contributed by atoms with Gasteiger partial charge in [-0.05, 0) is 44.9 Å². The Hall–Kier alpha value is -1.69. The average molecular weight is 302 g/mol. The number of hydrogen-bond acceptors (Lipinski definition) is 2. The third kappa shape index (κ3) is 7.04. The van der Waals surface area contributed by atoms with Crippen molar-refractivity contribution >= 4 is 6.09 Å². The van der Waals surface area contributed by atoms with Crippen LogP contribution in [-0.4, -0.2) is 29.4 Å². The van der Waals surface area contributed by atoms with Crippen LogP contribution in [0.5, 0.6) is 0 Å². The molecule has 3 N–H and O–H groups in total. The van der Waals surface area contributed by atoms with Gasteiger partial charge in [0.2, 0.25) is 0 Å². The first kappa shape index (κ1) is 17.4. The zero-order chi connectivity index (χ0) is 16.0. The van der Waals surface area contributed by atoms with Crippen molar-refractivity contribution in [3.8, 4) is 0 Å². The van der Waals surface area contributed by atoms with Gasteiger partial charge in [0.15, 0.2) is 0 Å². The molecule has 0 aliphatic carbocycles. The van der Waals surface area contributed by atoms with Gasteiger partial charge in [0.1, 0.15) is 23.8 Å². The predicted molar refractivity (Wildman–Crippen MR) is 76.3 cm³/mol. The van der Waals surface area contributed by atoms with E-state index in [1.807, 2.05) is 0 Å². The highest BCUT2D eigenvalue weighted by atomic mass is 19.1. The summed E-state index contributed by atoms with van der Waals surface area (Å²) >= 11 is 0. The van der Waals surface area contributed by atoms with Crippen molar-refractivity contribution in [2.45, 2.75) is 45.3 Å². The molecule has 118 valence electrons. The molecule has 0 aromatic heterocycles. The van der Waals surface area contributed by atoms with Gasteiger partial charge in [-0.15, -0.1) is 0 Å². The first-order valence-corrected chi connectivity index (χ1v) is 6.78. The minimum absolute atomic E-state index is 0.0955. The van der Waals surface area contributed by atoms with E-state index in [1.54, 1.807) is 20.8 Å². The molecule has 0 aliphatic rings. The summed E-state index contributed by atoms with van der Waals surface area (Å²) in [7, 11) is 0. The molecule has 1 unspecified atom stereocenters. The van der Waals surface area contributed by atoms with E-state index in [2.05, 4.69) is 5.32 Å². The third-order valence-electron chi connectivity index (χ3n) is 2.62. The fraction of sp³-hybridized carbons (Fsp3) is 0.533. The molecule has 0 saturated carbocycles. The minimum Gasteiger partial charge on any atom is -0.445 e. The second-order valence-electron chi connectivity index (χ2n) is 5.86.